The molecule has 3 aromatic rings. The Balaban J connectivity index is 0.000000899. The van der Waals surface area contributed by atoms with Crippen LogP contribution in [0.5, 0.6) is 0 Å². The van der Waals surface area contributed by atoms with Crippen LogP contribution in [0.3, 0.4) is 0 Å². The molecular formula is C54H94FeN2P4. The summed E-state index contributed by atoms with van der Waals surface area (Å²) in [5.74, 6) is 0. The summed E-state index contributed by atoms with van der Waals surface area (Å²) in [6.07, 6.45) is 17.7. The number of aromatic nitrogens is 2. The minimum Gasteiger partial charge on any atom is -0.358 e. The fourth-order valence-electron chi connectivity index (χ4n) is 9.64. The summed E-state index contributed by atoms with van der Waals surface area (Å²) in [4.78, 5) is 9.24. The van der Waals surface area contributed by atoms with E-state index in [1.165, 1.54) is 74.6 Å². The molecule has 0 bridgehead atoms. The topological polar surface area (TPSA) is 25.8 Å². The molecule has 5 rings (SSSR count). The summed E-state index contributed by atoms with van der Waals surface area (Å²) in [6.45, 7) is 43.5. The molecule has 1 aromatic carbocycles. The van der Waals surface area contributed by atoms with E-state index in [4.69, 9.17) is 0 Å². The van der Waals surface area contributed by atoms with Gasteiger partial charge in [0.25, 0.3) is 0 Å². The minimum atomic E-state index is -0.109. The Labute approximate surface area is 396 Å². The van der Waals surface area contributed by atoms with Crippen molar-refractivity contribution in [3.8, 4) is 0 Å². The quantitative estimate of drug-likeness (QED) is 0.128. The average Bonchev–Trinajstić information content (AvgIpc) is 3.81. The zero-order valence-corrected chi connectivity index (χ0v) is 47.9. The standard InChI is InChI=1S/C24H44P2.2C14H22NP.2CH3.Fe/c1-21(2,3)25(22(4,5)6)17-19-15-13-14-16-20(19)18-26(23(7,8)9)24(10,11)12;2*1-14(2,3)16(12-8-4-5-9-12)13-10-6-7-11-15-13;;;/h13-16H,17-18H2,1-12H3;2*6-7,10-12H,4-5,8-9H2,1-3H3;2*1H3;/q;;;2*-1;+2. The third-order valence-corrected chi connectivity index (χ3v) is 26.3. The molecule has 7 heteroatoms. The number of hydrogen-bond donors (Lipinski definition) is 0. The van der Waals surface area contributed by atoms with Crippen molar-refractivity contribution < 1.29 is 17.1 Å². The van der Waals surface area contributed by atoms with Crippen LogP contribution in [0, 0.1) is 14.9 Å². The van der Waals surface area contributed by atoms with Gasteiger partial charge >= 0.3 is 17.1 Å². The SMILES string of the molecule is CC(C)(C)P(Cc1ccccc1CP(C(C)(C)C)C(C)(C)C)C(C)(C)C.CC(C)(C)P(c1ccccn1)C1CCCC1.CC(C)(C)P(c1ccccn1)C1CCCC1.[CH3-].[CH3-].[Fe+2]. The first-order chi connectivity index (χ1) is 26.6. The smallest absolute Gasteiger partial charge is 0.358 e. The van der Waals surface area contributed by atoms with Gasteiger partial charge in [0.2, 0.25) is 0 Å². The summed E-state index contributed by atoms with van der Waals surface area (Å²) in [5, 5.41) is 2.27. The van der Waals surface area contributed by atoms with Crippen molar-refractivity contribution in [2.75, 3.05) is 0 Å². The monoisotopic (exact) mass is 951 g/mol. The van der Waals surface area contributed by atoms with Crippen LogP contribution in [0.2, 0.25) is 0 Å². The predicted molar refractivity (Wildman–Crippen MR) is 285 cm³/mol. The van der Waals surface area contributed by atoms with E-state index < -0.39 is 0 Å². The van der Waals surface area contributed by atoms with Crippen molar-refractivity contribution in [2.45, 2.75) is 231 Å². The second-order valence-electron chi connectivity index (χ2n) is 23.0. The molecule has 2 heterocycles. The molecule has 2 aromatic heterocycles. The van der Waals surface area contributed by atoms with E-state index in [-0.39, 0.29) is 63.6 Å². The molecule has 61 heavy (non-hydrogen) atoms. The van der Waals surface area contributed by atoms with Crippen molar-refractivity contribution >= 4 is 42.6 Å². The fraction of sp³-hybridized carbons (Fsp3) is 0.667. The van der Waals surface area contributed by atoms with Crippen LogP contribution in [0.4, 0.5) is 0 Å². The number of pyridine rings is 2. The van der Waals surface area contributed by atoms with E-state index in [1.807, 2.05) is 24.5 Å². The number of hydrogen-bond acceptors (Lipinski definition) is 2. The molecule has 2 unspecified atom stereocenters. The van der Waals surface area contributed by atoms with Crippen LogP contribution in [-0.4, -0.2) is 52.2 Å². The van der Waals surface area contributed by atoms with E-state index in [9.17, 15) is 0 Å². The van der Waals surface area contributed by atoms with Crippen LogP contribution in [0.1, 0.15) is 187 Å². The molecule has 2 nitrogen and oxygen atoms in total. The van der Waals surface area contributed by atoms with Gasteiger partial charge in [0.15, 0.2) is 0 Å². The molecule has 2 atom stereocenters. The van der Waals surface area contributed by atoms with Gasteiger partial charge in [-0.1, -0.05) is 203 Å². The molecular weight excluding hydrogens is 856 g/mol. The summed E-state index contributed by atoms with van der Waals surface area (Å²) in [5.41, 5.74) is 7.73. The Kier molecular flexibility index (Phi) is 25.5. The largest absolute Gasteiger partial charge is 2.00 e. The maximum atomic E-state index is 4.62. The maximum Gasteiger partial charge on any atom is 2.00 e. The first-order valence-electron chi connectivity index (χ1n) is 22.6. The molecule has 2 aliphatic rings. The third-order valence-electron chi connectivity index (χ3n) is 11.6. The van der Waals surface area contributed by atoms with Gasteiger partial charge in [-0.3, -0.25) is 9.97 Å². The Bertz CT molecular complexity index is 1460. The molecule has 348 valence electrons. The van der Waals surface area contributed by atoms with E-state index in [1.54, 1.807) is 11.1 Å². The Morgan fingerprint density at radius 2 is 0.672 bits per heavy atom. The first-order valence-corrected chi connectivity index (χ1v) is 28.5. The van der Waals surface area contributed by atoms with Crippen molar-refractivity contribution in [1.29, 1.82) is 0 Å². The van der Waals surface area contributed by atoms with Crippen LogP contribution < -0.4 is 10.9 Å². The van der Waals surface area contributed by atoms with E-state index in [0.29, 0.717) is 30.9 Å². The molecule has 2 fully saturated rings. The van der Waals surface area contributed by atoms with Crippen molar-refractivity contribution in [3.63, 3.8) is 0 Å². The summed E-state index contributed by atoms with van der Waals surface area (Å²) < 4.78 is 0. The van der Waals surface area contributed by atoms with Gasteiger partial charge in [-0.05, 0) is 131 Å². The van der Waals surface area contributed by atoms with Crippen LogP contribution in [0.15, 0.2) is 73.1 Å². The molecule has 0 amide bonds. The fourth-order valence-corrected chi connectivity index (χ4v) is 23.8. The molecule has 2 saturated carbocycles. The van der Waals surface area contributed by atoms with Crippen LogP contribution in [0.25, 0.3) is 0 Å². The van der Waals surface area contributed by atoms with Crippen molar-refractivity contribution in [1.82, 2.24) is 9.97 Å². The van der Waals surface area contributed by atoms with E-state index >= 15 is 0 Å². The zero-order valence-electron chi connectivity index (χ0n) is 43.2. The average molecular weight is 951 g/mol. The first kappa shape index (κ1) is 60.8. The second-order valence-corrected chi connectivity index (χ2v) is 37.2. The third kappa shape index (κ3) is 19.6. The molecule has 0 spiro atoms. The predicted octanol–water partition coefficient (Wildman–Crippen LogP) is 17.6. The van der Waals surface area contributed by atoms with Crippen molar-refractivity contribution in [2.24, 2.45) is 0 Å². The Hall–Kier alpha value is -0.241. The normalized spacial score (nSPS) is 16.6. The van der Waals surface area contributed by atoms with Crippen molar-refractivity contribution in [3.05, 3.63) is 99.0 Å². The van der Waals surface area contributed by atoms with Gasteiger partial charge in [-0.15, -0.1) is 0 Å². The van der Waals surface area contributed by atoms with Gasteiger partial charge in [0.05, 0.1) is 10.9 Å². The van der Waals surface area contributed by atoms with Gasteiger partial charge in [0.1, 0.15) is 0 Å². The zero-order chi connectivity index (χ0) is 43.7. The van der Waals surface area contributed by atoms with E-state index in [2.05, 4.69) is 183 Å². The molecule has 2 aliphatic carbocycles. The van der Waals surface area contributed by atoms with Gasteiger partial charge in [-0.25, -0.2) is 0 Å². The number of nitrogens with zero attached hydrogens (tertiary/aromatic N) is 2. The van der Waals surface area contributed by atoms with Gasteiger partial charge < -0.3 is 14.9 Å². The molecule has 0 radical (unpaired) electrons. The van der Waals surface area contributed by atoms with E-state index in [0.717, 1.165) is 11.3 Å². The number of rotatable bonds is 8. The Morgan fingerprint density at radius 3 is 0.885 bits per heavy atom. The van der Waals surface area contributed by atoms with Gasteiger partial charge in [0, 0.05) is 12.4 Å². The molecule has 0 N–H and O–H groups in total. The maximum absolute atomic E-state index is 4.62. The summed E-state index contributed by atoms with van der Waals surface area (Å²) in [7, 11) is -0.437. The molecule has 0 saturated heterocycles. The number of benzene rings is 1. The summed E-state index contributed by atoms with van der Waals surface area (Å²) in [6, 6.07) is 22.1. The summed E-state index contributed by atoms with van der Waals surface area (Å²) >= 11 is 0. The van der Waals surface area contributed by atoms with Crippen LogP contribution >= 0.6 is 31.7 Å². The van der Waals surface area contributed by atoms with Gasteiger partial charge in [-0.2, -0.15) is 0 Å². The molecule has 0 aliphatic heterocycles. The second kappa shape index (κ2) is 25.6. The van der Waals surface area contributed by atoms with Crippen LogP contribution in [-0.2, 0) is 29.4 Å². The Morgan fingerprint density at radius 1 is 0.410 bits per heavy atom. The minimum absolute atomic E-state index is 0.